The van der Waals surface area contributed by atoms with Crippen LogP contribution in [0.2, 0.25) is 0 Å². The molecular formula is C14H14FN3O. The second-order valence-corrected chi connectivity index (χ2v) is 4.52. The second kappa shape index (κ2) is 4.51. The van der Waals surface area contributed by atoms with Gasteiger partial charge in [-0.05, 0) is 31.3 Å². The average Bonchev–Trinajstić information content (AvgIpc) is 2.96. The fourth-order valence-corrected chi connectivity index (χ4v) is 2.20. The maximum atomic E-state index is 13.2. The second-order valence-electron chi connectivity index (χ2n) is 4.52. The van der Waals surface area contributed by atoms with Gasteiger partial charge in [0.05, 0.1) is 12.0 Å². The van der Waals surface area contributed by atoms with E-state index in [4.69, 9.17) is 4.42 Å². The average molecular weight is 259 g/mol. The Morgan fingerprint density at radius 1 is 1.37 bits per heavy atom. The number of fused-ring (bicyclic) bond motifs is 1. The number of imidazole rings is 1. The lowest BCUT2D eigenvalue weighted by molar-refractivity contribution is 0.486. The molecule has 0 aliphatic carbocycles. The molecule has 0 amide bonds. The topological polar surface area (TPSA) is 43.0 Å². The summed E-state index contributed by atoms with van der Waals surface area (Å²) in [7, 11) is 3.75. The lowest BCUT2D eigenvalue weighted by Crippen LogP contribution is -2.17. The van der Waals surface area contributed by atoms with Gasteiger partial charge in [0.2, 0.25) is 0 Å². The quantitative estimate of drug-likeness (QED) is 0.786. The zero-order chi connectivity index (χ0) is 13.4. The smallest absolute Gasteiger partial charge is 0.134 e. The first-order valence-corrected chi connectivity index (χ1v) is 6.01. The third-order valence-electron chi connectivity index (χ3n) is 3.09. The summed E-state index contributed by atoms with van der Waals surface area (Å²) in [6.07, 6.45) is 3.66. The van der Waals surface area contributed by atoms with Gasteiger partial charge in [0.15, 0.2) is 0 Å². The van der Waals surface area contributed by atoms with E-state index in [9.17, 15) is 4.39 Å². The number of benzene rings is 1. The predicted octanol–water partition coefficient (Wildman–Crippen LogP) is 2.61. The van der Waals surface area contributed by atoms with Crippen LogP contribution in [0.4, 0.5) is 4.39 Å². The number of hydrogen-bond acceptors (Lipinski definition) is 3. The lowest BCUT2D eigenvalue weighted by atomic mass is 10.1. The number of rotatable bonds is 3. The van der Waals surface area contributed by atoms with Crippen LogP contribution in [0.5, 0.6) is 0 Å². The molecule has 3 aromatic rings. The van der Waals surface area contributed by atoms with Crippen molar-refractivity contribution in [3.63, 3.8) is 0 Å². The minimum absolute atomic E-state index is 0.142. The van der Waals surface area contributed by atoms with E-state index in [0.29, 0.717) is 5.58 Å². The molecule has 98 valence electrons. The number of halogens is 1. The van der Waals surface area contributed by atoms with Crippen LogP contribution < -0.4 is 5.32 Å². The number of aryl methyl sites for hydroxylation is 1. The molecule has 2 heterocycles. The number of aromatic nitrogens is 2. The molecule has 2 aromatic heterocycles. The van der Waals surface area contributed by atoms with Crippen LogP contribution in [0.15, 0.2) is 41.2 Å². The Balaban J connectivity index is 2.06. The Labute approximate surface area is 109 Å². The van der Waals surface area contributed by atoms with E-state index in [1.54, 1.807) is 12.4 Å². The summed E-state index contributed by atoms with van der Waals surface area (Å²) >= 11 is 0. The largest absolute Gasteiger partial charge is 0.459 e. The maximum absolute atomic E-state index is 13.2. The standard InChI is InChI=1S/C14H14FN3O/c1-16-14(11-7-18(2)8-17-11)13-6-9-5-10(15)3-4-12(9)19-13/h3-8,14,16H,1-2H3. The van der Waals surface area contributed by atoms with Crippen molar-refractivity contribution in [2.45, 2.75) is 6.04 Å². The number of furan rings is 1. The highest BCUT2D eigenvalue weighted by atomic mass is 19.1. The van der Waals surface area contributed by atoms with Gasteiger partial charge in [-0.25, -0.2) is 9.37 Å². The number of hydrogen-bond donors (Lipinski definition) is 1. The van der Waals surface area contributed by atoms with Crippen molar-refractivity contribution < 1.29 is 8.81 Å². The van der Waals surface area contributed by atoms with E-state index in [2.05, 4.69) is 10.3 Å². The molecule has 5 heteroatoms. The van der Waals surface area contributed by atoms with Crippen molar-refractivity contribution in [2.24, 2.45) is 7.05 Å². The SMILES string of the molecule is CNC(c1cn(C)cn1)c1cc2cc(F)ccc2o1. The van der Waals surface area contributed by atoms with E-state index in [1.165, 1.54) is 12.1 Å². The Kier molecular flexibility index (Phi) is 2.83. The van der Waals surface area contributed by atoms with Crippen LogP contribution in [0, 0.1) is 5.82 Å². The van der Waals surface area contributed by atoms with Gasteiger partial charge in [-0.1, -0.05) is 0 Å². The predicted molar refractivity (Wildman–Crippen MR) is 70.3 cm³/mol. The van der Waals surface area contributed by atoms with Crippen molar-refractivity contribution in [1.82, 2.24) is 14.9 Å². The van der Waals surface area contributed by atoms with Gasteiger partial charge in [-0.3, -0.25) is 0 Å². The number of nitrogens with zero attached hydrogens (tertiary/aromatic N) is 2. The molecule has 0 saturated heterocycles. The Bertz CT molecular complexity index is 716. The minimum atomic E-state index is -0.265. The van der Waals surface area contributed by atoms with Gasteiger partial charge < -0.3 is 14.3 Å². The highest BCUT2D eigenvalue weighted by molar-refractivity contribution is 5.78. The van der Waals surface area contributed by atoms with Gasteiger partial charge in [0.1, 0.15) is 23.2 Å². The Hall–Kier alpha value is -2.14. The zero-order valence-corrected chi connectivity index (χ0v) is 10.7. The third kappa shape index (κ3) is 2.13. The van der Waals surface area contributed by atoms with Crippen LogP contribution in [-0.2, 0) is 7.05 Å². The van der Waals surface area contributed by atoms with Crippen molar-refractivity contribution in [3.05, 3.63) is 54.1 Å². The molecule has 1 N–H and O–H groups in total. The van der Waals surface area contributed by atoms with E-state index in [0.717, 1.165) is 16.8 Å². The first kappa shape index (κ1) is 11.9. The van der Waals surface area contributed by atoms with E-state index < -0.39 is 0 Å². The molecule has 0 bridgehead atoms. The van der Waals surface area contributed by atoms with Gasteiger partial charge in [0, 0.05) is 18.6 Å². The molecule has 0 radical (unpaired) electrons. The van der Waals surface area contributed by atoms with Crippen molar-refractivity contribution in [1.29, 1.82) is 0 Å². The Morgan fingerprint density at radius 2 is 2.21 bits per heavy atom. The highest BCUT2D eigenvalue weighted by Gasteiger charge is 2.19. The fourth-order valence-electron chi connectivity index (χ4n) is 2.20. The van der Waals surface area contributed by atoms with Gasteiger partial charge in [0.25, 0.3) is 0 Å². The molecule has 1 aromatic carbocycles. The van der Waals surface area contributed by atoms with Crippen LogP contribution in [0.1, 0.15) is 17.5 Å². The van der Waals surface area contributed by atoms with Gasteiger partial charge in [-0.15, -0.1) is 0 Å². The molecule has 0 aliphatic heterocycles. The first-order chi connectivity index (χ1) is 9.17. The van der Waals surface area contributed by atoms with E-state index in [1.807, 2.05) is 30.9 Å². The maximum Gasteiger partial charge on any atom is 0.134 e. The molecule has 0 fully saturated rings. The summed E-state index contributed by atoms with van der Waals surface area (Å²) in [4.78, 5) is 4.32. The zero-order valence-electron chi connectivity index (χ0n) is 10.7. The van der Waals surface area contributed by atoms with Crippen LogP contribution in [-0.4, -0.2) is 16.6 Å². The molecule has 19 heavy (non-hydrogen) atoms. The van der Waals surface area contributed by atoms with E-state index in [-0.39, 0.29) is 11.9 Å². The molecule has 0 aliphatic rings. The fraction of sp³-hybridized carbons (Fsp3) is 0.214. The summed E-state index contributed by atoms with van der Waals surface area (Å²) in [5.41, 5.74) is 1.54. The van der Waals surface area contributed by atoms with E-state index >= 15 is 0 Å². The summed E-state index contributed by atoms with van der Waals surface area (Å²) in [5.74, 6) is 0.459. The summed E-state index contributed by atoms with van der Waals surface area (Å²) in [6.45, 7) is 0. The summed E-state index contributed by atoms with van der Waals surface area (Å²) in [6, 6.07) is 6.20. The highest BCUT2D eigenvalue weighted by Crippen LogP contribution is 2.27. The molecule has 3 rings (SSSR count). The molecule has 0 spiro atoms. The van der Waals surface area contributed by atoms with Crippen LogP contribution in [0.25, 0.3) is 11.0 Å². The van der Waals surface area contributed by atoms with Gasteiger partial charge in [-0.2, -0.15) is 0 Å². The first-order valence-electron chi connectivity index (χ1n) is 6.01. The Morgan fingerprint density at radius 3 is 2.89 bits per heavy atom. The van der Waals surface area contributed by atoms with Crippen LogP contribution >= 0.6 is 0 Å². The summed E-state index contributed by atoms with van der Waals surface area (Å²) in [5, 5.41) is 3.92. The molecule has 4 nitrogen and oxygen atoms in total. The summed E-state index contributed by atoms with van der Waals surface area (Å²) < 4.78 is 20.8. The molecule has 0 saturated carbocycles. The van der Waals surface area contributed by atoms with Crippen molar-refractivity contribution in [3.8, 4) is 0 Å². The van der Waals surface area contributed by atoms with Gasteiger partial charge >= 0.3 is 0 Å². The lowest BCUT2D eigenvalue weighted by Gasteiger charge is -2.10. The van der Waals surface area contributed by atoms with Crippen molar-refractivity contribution in [2.75, 3.05) is 7.05 Å². The number of nitrogens with one attached hydrogen (secondary N) is 1. The molecule has 1 atom stereocenters. The normalized spacial score (nSPS) is 13.0. The van der Waals surface area contributed by atoms with Crippen LogP contribution in [0.3, 0.4) is 0 Å². The molecular weight excluding hydrogens is 245 g/mol. The molecule has 1 unspecified atom stereocenters. The van der Waals surface area contributed by atoms with Crippen molar-refractivity contribution >= 4 is 11.0 Å². The monoisotopic (exact) mass is 259 g/mol. The minimum Gasteiger partial charge on any atom is -0.459 e. The third-order valence-corrected chi connectivity index (χ3v) is 3.09.